The van der Waals surface area contributed by atoms with Crippen LogP contribution in [-0.2, 0) is 12.8 Å². The maximum atomic E-state index is 12.9. The van der Waals surface area contributed by atoms with Crippen LogP contribution in [0.3, 0.4) is 0 Å². The Hall–Kier alpha value is -1.83. The minimum atomic E-state index is -0.148. The van der Waals surface area contributed by atoms with E-state index in [0.29, 0.717) is 5.92 Å². The predicted octanol–water partition coefficient (Wildman–Crippen LogP) is 4.85. The zero-order chi connectivity index (χ0) is 15.4. The topological polar surface area (TPSA) is 3.24 Å². The summed E-state index contributed by atoms with van der Waals surface area (Å²) >= 11 is 0. The number of rotatable bonds is 6. The van der Waals surface area contributed by atoms with Crippen LogP contribution in [0.5, 0.6) is 0 Å². The highest BCUT2D eigenvalue weighted by Crippen LogP contribution is 2.28. The van der Waals surface area contributed by atoms with Crippen molar-refractivity contribution in [2.45, 2.75) is 32.6 Å². The van der Waals surface area contributed by atoms with E-state index in [1.807, 2.05) is 12.1 Å². The van der Waals surface area contributed by atoms with Crippen LogP contribution in [0.2, 0.25) is 0 Å². The zero-order valence-electron chi connectivity index (χ0n) is 13.3. The molecule has 1 heterocycles. The van der Waals surface area contributed by atoms with Gasteiger partial charge in [0.15, 0.2) is 0 Å². The van der Waals surface area contributed by atoms with E-state index in [2.05, 4.69) is 36.1 Å². The molecule has 0 spiro atoms. The number of halogens is 1. The Kier molecular flexibility index (Phi) is 4.77. The van der Waals surface area contributed by atoms with Gasteiger partial charge >= 0.3 is 0 Å². The minimum absolute atomic E-state index is 0.148. The molecule has 0 N–H and O–H groups in total. The van der Waals surface area contributed by atoms with Crippen molar-refractivity contribution in [1.82, 2.24) is 0 Å². The van der Waals surface area contributed by atoms with Crippen molar-refractivity contribution in [2.75, 3.05) is 18.0 Å². The van der Waals surface area contributed by atoms with Crippen molar-refractivity contribution in [3.05, 3.63) is 65.5 Å². The molecule has 116 valence electrons. The molecule has 1 nitrogen and oxygen atoms in total. The van der Waals surface area contributed by atoms with Gasteiger partial charge in [0.05, 0.1) is 0 Å². The third kappa shape index (κ3) is 3.68. The van der Waals surface area contributed by atoms with Gasteiger partial charge in [-0.2, -0.15) is 0 Å². The molecular weight excluding hydrogens is 273 g/mol. The second-order valence-electron chi connectivity index (χ2n) is 6.45. The van der Waals surface area contributed by atoms with Gasteiger partial charge in [-0.3, -0.25) is 0 Å². The number of aryl methyl sites for hydroxylation is 1. The van der Waals surface area contributed by atoms with Gasteiger partial charge < -0.3 is 4.90 Å². The molecule has 2 heteroatoms. The van der Waals surface area contributed by atoms with Crippen LogP contribution < -0.4 is 4.90 Å². The number of hydrogen-bond acceptors (Lipinski definition) is 1. The van der Waals surface area contributed by atoms with Gasteiger partial charge in [0.2, 0.25) is 0 Å². The Labute approximate surface area is 132 Å². The number of hydrogen-bond donors (Lipinski definition) is 0. The van der Waals surface area contributed by atoms with E-state index in [1.54, 1.807) is 12.1 Å². The normalized spacial score (nSPS) is 14.9. The van der Waals surface area contributed by atoms with E-state index in [4.69, 9.17) is 0 Å². The first-order valence-electron chi connectivity index (χ1n) is 8.29. The smallest absolute Gasteiger partial charge is 0.123 e. The molecule has 0 bridgehead atoms. The molecule has 0 aromatic heterocycles. The Morgan fingerprint density at radius 1 is 1.09 bits per heavy atom. The maximum absolute atomic E-state index is 12.9. The van der Waals surface area contributed by atoms with Crippen LogP contribution in [-0.4, -0.2) is 13.1 Å². The van der Waals surface area contributed by atoms with Gasteiger partial charge in [-0.1, -0.05) is 37.3 Å². The lowest BCUT2D eigenvalue weighted by Crippen LogP contribution is -2.26. The highest BCUT2D eigenvalue weighted by molar-refractivity contribution is 5.57. The fraction of sp³-hybridized carbons (Fsp3) is 0.400. The van der Waals surface area contributed by atoms with E-state index in [9.17, 15) is 4.39 Å². The molecule has 2 aromatic rings. The van der Waals surface area contributed by atoms with Gasteiger partial charge in [0.1, 0.15) is 5.82 Å². The number of para-hydroxylation sites is 1. The first kappa shape index (κ1) is 15.1. The van der Waals surface area contributed by atoms with Crippen molar-refractivity contribution < 1.29 is 4.39 Å². The Balaban J connectivity index is 1.45. The van der Waals surface area contributed by atoms with Crippen LogP contribution in [0.1, 0.15) is 30.9 Å². The summed E-state index contributed by atoms with van der Waals surface area (Å²) in [4.78, 5) is 2.53. The fourth-order valence-corrected chi connectivity index (χ4v) is 3.37. The van der Waals surface area contributed by atoms with Gasteiger partial charge in [-0.15, -0.1) is 0 Å². The lowest BCUT2D eigenvalue weighted by Gasteiger charge is -2.23. The third-order valence-electron chi connectivity index (χ3n) is 4.59. The van der Waals surface area contributed by atoms with E-state index < -0.39 is 0 Å². The van der Waals surface area contributed by atoms with Gasteiger partial charge in [0.25, 0.3) is 0 Å². The highest BCUT2D eigenvalue weighted by Gasteiger charge is 2.19. The monoisotopic (exact) mass is 297 g/mol. The van der Waals surface area contributed by atoms with Crippen molar-refractivity contribution in [3.8, 4) is 0 Å². The Bertz CT molecular complexity index is 605. The summed E-state index contributed by atoms with van der Waals surface area (Å²) in [7, 11) is 0. The molecule has 1 unspecified atom stereocenters. The van der Waals surface area contributed by atoms with Gasteiger partial charge in [0, 0.05) is 18.8 Å². The molecule has 0 saturated heterocycles. The molecule has 1 atom stereocenters. The largest absolute Gasteiger partial charge is 0.371 e. The molecule has 0 saturated carbocycles. The molecular formula is C20H24FN. The second kappa shape index (κ2) is 6.95. The average Bonchev–Trinajstić information content (AvgIpc) is 2.93. The quantitative estimate of drug-likeness (QED) is 0.737. The van der Waals surface area contributed by atoms with Crippen molar-refractivity contribution in [1.29, 1.82) is 0 Å². The SMILES string of the molecule is CC(CCCc1ccc(F)cc1)CN1CCc2ccccc21. The number of nitrogens with zero attached hydrogens (tertiary/aromatic N) is 1. The van der Waals surface area contributed by atoms with Crippen LogP contribution in [0.25, 0.3) is 0 Å². The summed E-state index contributed by atoms with van der Waals surface area (Å²) in [6, 6.07) is 15.7. The first-order valence-corrected chi connectivity index (χ1v) is 8.29. The van der Waals surface area contributed by atoms with Crippen molar-refractivity contribution in [2.24, 2.45) is 5.92 Å². The van der Waals surface area contributed by atoms with Gasteiger partial charge in [-0.05, 0) is 60.9 Å². The Morgan fingerprint density at radius 3 is 2.68 bits per heavy atom. The third-order valence-corrected chi connectivity index (χ3v) is 4.59. The summed E-state index contributed by atoms with van der Waals surface area (Å²) in [5.74, 6) is 0.538. The van der Waals surface area contributed by atoms with Crippen LogP contribution in [0.4, 0.5) is 10.1 Å². The highest BCUT2D eigenvalue weighted by atomic mass is 19.1. The standard InChI is InChI=1S/C20H24FN/c1-16(5-4-6-17-9-11-19(21)12-10-17)15-22-14-13-18-7-2-3-8-20(18)22/h2-3,7-12,16H,4-6,13-15H2,1H3. The Morgan fingerprint density at radius 2 is 1.86 bits per heavy atom. The summed E-state index contributed by atoms with van der Waals surface area (Å²) in [6.07, 6.45) is 4.61. The molecule has 1 aliphatic rings. The summed E-state index contributed by atoms with van der Waals surface area (Å²) < 4.78 is 12.9. The minimum Gasteiger partial charge on any atom is -0.371 e. The first-order chi connectivity index (χ1) is 10.7. The van der Waals surface area contributed by atoms with E-state index >= 15 is 0 Å². The molecule has 0 aliphatic carbocycles. The summed E-state index contributed by atoms with van der Waals surface area (Å²) in [5.41, 5.74) is 4.15. The summed E-state index contributed by atoms with van der Waals surface area (Å²) in [6.45, 7) is 4.63. The number of fused-ring (bicyclic) bond motifs is 1. The van der Waals surface area contributed by atoms with E-state index in [0.717, 1.165) is 19.5 Å². The van der Waals surface area contributed by atoms with E-state index in [-0.39, 0.29) is 5.82 Å². The second-order valence-corrected chi connectivity index (χ2v) is 6.45. The number of anilines is 1. The number of benzene rings is 2. The molecule has 3 rings (SSSR count). The van der Waals surface area contributed by atoms with Crippen LogP contribution in [0.15, 0.2) is 48.5 Å². The molecule has 22 heavy (non-hydrogen) atoms. The van der Waals surface area contributed by atoms with Crippen LogP contribution in [0, 0.1) is 11.7 Å². The van der Waals surface area contributed by atoms with Gasteiger partial charge in [-0.25, -0.2) is 4.39 Å². The molecule has 0 amide bonds. The predicted molar refractivity (Wildman–Crippen MR) is 90.9 cm³/mol. The zero-order valence-corrected chi connectivity index (χ0v) is 13.3. The molecule has 0 radical (unpaired) electrons. The average molecular weight is 297 g/mol. The molecule has 1 aliphatic heterocycles. The molecule has 2 aromatic carbocycles. The van der Waals surface area contributed by atoms with Crippen LogP contribution >= 0.6 is 0 Å². The lowest BCUT2D eigenvalue weighted by atomic mass is 10.0. The van der Waals surface area contributed by atoms with Crippen molar-refractivity contribution >= 4 is 5.69 Å². The summed E-state index contributed by atoms with van der Waals surface area (Å²) in [5, 5.41) is 0. The van der Waals surface area contributed by atoms with E-state index in [1.165, 1.54) is 36.1 Å². The molecule has 0 fully saturated rings. The maximum Gasteiger partial charge on any atom is 0.123 e. The van der Waals surface area contributed by atoms with Crippen molar-refractivity contribution in [3.63, 3.8) is 0 Å². The lowest BCUT2D eigenvalue weighted by molar-refractivity contribution is 0.504. The fourth-order valence-electron chi connectivity index (χ4n) is 3.37.